The van der Waals surface area contributed by atoms with E-state index in [0.717, 1.165) is 16.8 Å². The molecule has 1 unspecified atom stereocenters. The topological polar surface area (TPSA) is 84.1 Å². The number of nitrogens with one attached hydrogen (secondary N) is 1. The number of nitrogens with zero attached hydrogens (tertiary/aromatic N) is 3. The van der Waals surface area contributed by atoms with E-state index in [9.17, 15) is 4.79 Å². The van der Waals surface area contributed by atoms with Gasteiger partial charge in [-0.2, -0.15) is 0 Å². The van der Waals surface area contributed by atoms with Crippen LogP contribution in [0.25, 0.3) is 0 Å². The molecule has 2 aromatic heterocycles. The molecule has 1 atom stereocenters. The molecule has 0 radical (unpaired) electrons. The number of amides is 1. The zero-order valence-corrected chi connectivity index (χ0v) is 19.0. The molecule has 0 bridgehead atoms. The molecule has 2 aromatic carbocycles. The van der Waals surface area contributed by atoms with Crippen LogP contribution < -0.4 is 11.1 Å². The Morgan fingerprint density at radius 2 is 1.88 bits per heavy atom. The van der Waals surface area contributed by atoms with E-state index >= 15 is 0 Å². The number of hydrogen-bond acceptors (Lipinski definition) is 6. The van der Waals surface area contributed by atoms with Gasteiger partial charge >= 0.3 is 0 Å². The van der Waals surface area contributed by atoms with E-state index in [1.807, 2.05) is 60.0 Å². The second-order valence-electron chi connectivity index (χ2n) is 7.28. The van der Waals surface area contributed by atoms with Crippen LogP contribution in [0.5, 0.6) is 0 Å². The van der Waals surface area contributed by atoms with Crippen molar-refractivity contribution in [2.75, 3.05) is 12.4 Å². The molecule has 1 amide bonds. The highest BCUT2D eigenvalue weighted by molar-refractivity contribution is 7.13. The van der Waals surface area contributed by atoms with Gasteiger partial charge in [-0.05, 0) is 29.3 Å². The summed E-state index contributed by atoms with van der Waals surface area (Å²) in [6, 6.07) is 20.4. The van der Waals surface area contributed by atoms with Gasteiger partial charge in [0.15, 0.2) is 5.13 Å². The fraction of sp³-hybridized carbons (Fsp3) is 0.125. The van der Waals surface area contributed by atoms with Crippen molar-refractivity contribution in [2.24, 2.45) is 5.73 Å². The molecule has 6 nitrogen and oxygen atoms in total. The average molecular weight is 464 g/mol. The Morgan fingerprint density at radius 3 is 2.59 bits per heavy atom. The molecule has 0 aliphatic rings. The van der Waals surface area contributed by atoms with Gasteiger partial charge in [0.05, 0.1) is 17.3 Å². The van der Waals surface area contributed by atoms with E-state index in [2.05, 4.69) is 15.3 Å². The third-order valence-corrected chi connectivity index (χ3v) is 6.06. The first kappa shape index (κ1) is 22.0. The molecule has 0 aliphatic heterocycles. The van der Waals surface area contributed by atoms with Gasteiger partial charge in [-0.15, -0.1) is 11.3 Å². The van der Waals surface area contributed by atoms with Crippen molar-refractivity contribution in [1.82, 2.24) is 14.9 Å². The molecule has 0 aliphatic carbocycles. The zero-order valence-electron chi connectivity index (χ0n) is 17.4. The fourth-order valence-corrected chi connectivity index (χ4v) is 4.23. The molecule has 2 heterocycles. The molecule has 3 N–H and O–H groups in total. The summed E-state index contributed by atoms with van der Waals surface area (Å²) in [5.41, 5.74) is 9.48. The van der Waals surface area contributed by atoms with Crippen molar-refractivity contribution >= 4 is 39.8 Å². The van der Waals surface area contributed by atoms with Gasteiger partial charge in [0, 0.05) is 30.2 Å². The van der Waals surface area contributed by atoms with Crippen LogP contribution in [-0.2, 0) is 6.54 Å². The van der Waals surface area contributed by atoms with Crippen LogP contribution in [0.1, 0.15) is 33.2 Å². The minimum Gasteiger partial charge on any atom is -0.337 e. The highest BCUT2D eigenvalue weighted by Gasteiger charge is 2.16. The molecule has 4 aromatic rings. The number of rotatable bonds is 7. The Morgan fingerprint density at radius 1 is 1.12 bits per heavy atom. The molecule has 0 fully saturated rings. The first-order valence-electron chi connectivity index (χ1n) is 9.99. The summed E-state index contributed by atoms with van der Waals surface area (Å²) in [4.78, 5) is 23.3. The standard InChI is InChI=1S/C24H22ClN5OS/c1-30(14-16-7-3-2-4-8-16)23(31)17-11-12-21(27-13-17)29-24-28-20(15-32-24)22(26)18-9-5-6-10-19(18)25/h2-13,15,22H,14,26H2,1H3,(H,27,28,29). The number of benzene rings is 2. The summed E-state index contributed by atoms with van der Waals surface area (Å²) in [7, 11) is 1.78. The number of thiazole rings is 1. The lowest BCUT2D eigenvalue weighted by molar-refractivity contribution is 0.0784. The van der Waals surface area contributed by atoms with Gasteiger partial charge in [0.1, 0.15) is 5.82 Å². The summed E-state index contributed by atoms with van der Waals surface area (Å²) in [5.74, 6) is 0.509. The maximum atomic E-state index is 12.7. The van der Waals surface area contributed by atoms with E-state index in [-0.39, 0.29) is 5.91 Å². The molecular formula is C24H22ClN5OS. The normalized spacial score (nSPS) is 11.7. The van der Waals surface area contributed by atoms with Gasteiger partial charge in [-0.1, -0.05) is 60.1 Å². The number of carbonyl (C=O) groups excluding carboxylic acids is 1. The lowest BCUT2D eigenvalue weighted by Crippen LogP contribution is -2.26. The van der Waals surface area contributed by atoms with Gasteiger partial charge in [-0.25, -0.2) is 9.97 Å². The first-order valence-corrected chi connectivity index (χ1v) is 11.2. The van der Waals surface area contributed by atoms with Gasteiger partial charge in [0.2, 0.25) is 0 Å². The van der Waals surface area contributed by atoms with Crippen LogP contribution in [0.4, 0.5) is 10.9 Å². The maximum Gasteiger partial charge on any atom is 0.255 e. The van der Waals surface area contributed by atoms with Crippen LogP contribution in [0, 0.1) is 0 Å². The SMILES string of the molecule is CN(Cc1ccccc1)C(=O)c1ccc(Nc2nc(C(N)c3ccccc3Cl)cs2)nc1. The number of hydrogen-bond donors (Lipinski definition) is 2. The number of nitrogens with two attached hydrogens (primary N) is 1. The summed E-state index contributed by atoms with van der Waals surface area (Å²) < 4.78 is 0. The minimum atomic E-state index is -0.413. The highest BCUT2D eigenvalue weighted by atomic mass is 35.5. The molecule has 4 rings (SSSR count). The predicted molar refractivity (Wildman–Crippen MR) is 129 cm³/mol. The smallest absolute Gasteiger partial charge is 0.255 e. The Labute approximate surface area is 195 Å². The van der Waals surface area contributed by atoms with Crippen molar-refractivity contribution in [3.63, 3.8) is 0 Å². The Hall–Kier alpha value is -3.26. The quantitative estimate of drug-likeness (QED) is 0.390. The monoisotopic (exact) mass is 463 g/mol. The van der Waals surface area contributed by atoms with E-state index in [1.54, 1.807) is 30.3 Å². The second-order valence-corrected chi connectivity index (χ2v) is 8.55. The second kappa shape index (κ2) is 9.91. The van der Waals surface area contributed by atoms with E-state index in [1.165, 1.54) is 11.3 Å². The number of halogens is 1. The van der Waals surface area contributed by atoms with Crippen molar-refractivity contribution in [2.45, 2.75) is 12.6 Å². The third kappa shape index (κ3) is 5.13. The molecule has 0 spiro atoms. The van der Waals surface area contributed by atoms with Crippen molar-refractivity contribution in [3.05, 3.63) is 106 Å². The van der Waals surface area contributed by atoms with Crippen LogP contribution in [0.2, 0.25) is 5.02 Å². The van der Waals surface area contributed by atoms with Gasteiger partial charge < -0.3 is 16.0 Å². The van der Waals surface area contributed by atoms with Crippen molar-refractivity contribution in [3.8, 4) is 0 Å². The third-order valence-electron chi connectivity index (χ3n) is 4.94. The van der Waals surface area contributed by atoms with E-state index in [4.69, 9.17) is 17.3 Å². The van der Waals surface area contributed by atoms with Crippen LogP contribution in [0.3, 0.4) is 0 Å². The Kier molecular flexibility index (Phi) is 6.80. The maximum absolute atomic E-state index is 12.7. The van der Waals surface area contributed by atoms with Crippen LogP contribution in [0.15, 0.2) is 78.3 Å². The predicted octanol–water partition coefficient (Wildman–Crippen LogP) is 5.26. The molecule has 8 heteroatoms. The summed E-state index contributed by atoms with van der Waals surface area (Å²) in [5, 5.41) is 6.33. The molecule has 32 heavy (non-hydrogen) atoms. The van der Waals surface area contributed by atoms with E-state index in [0.29, 0.717) is 28.1 Å². The summed E-state index contributed by atoms with van der Waals surface area (Å²) in [6.45, 7) is 0.535. The average Bonchev–Trinajstić information content (AvgIpc) is 3.28. The lowest BCUT2D eigenvalue weighted by Gasteiger charge is -2.17. The van der Waals surface area contributed by atoms with Crippen LogP contribution >= 0.6 is 22.9 Å². The largest absolute Gasteiger partial charge is 0.337 e. The van der Waals surface area contributed by atoms with Crippen molar-refractivity contribution < 1.29 is 4.79 Å². The number of anilines is 2. The summed E-state index contributed by atoms with van der Waals surface area (Å²) in [6.07, 6.45) is 1.57. The number of carbonyl (C=O) groups is 1. The molecule has 162 valence electrons. The van der Waals surface area contributed by atoms with Crippen LogP contribution in [-0.4, -0.2) is 27.8 Å². The lowest BCUT2D eigenvalue weighted by atomic mass is 10.1. The zero-order chi connectivity index (χ0) is 22.5. The number of pyridine rings is 1. The fourth-order valence-electron chi connectivity index (χ4n) is 3.23. The minimum absolute atomic E-state index is 0.0878. The number of aromatic nitrogens is 2. The Balaban J connectivity index is 1.40. The van der Waals surface area contributed by atoms with Crippen molar-refractivity contribution in [1.29, 1.82) is 0 Å². The first-order chi connectivity index (χ1) is 15.5. The molecule has 0 saturated heterocycles. The summed E-state index contributed by atoms with van der Waals surface area (Å²) >= 11 is 7.68. The molecular weight excluding hydrogens is 442 g/mol. The van der Waals surface area contributed by atoms with E-state index < -0.39 is 6.04 Å². The Bertz CT molecular complexity index is 1200. The van der Waals surface area contributed by atoms with Gasteiger partial charge in [-0.3, -0.25) is 4.79 Å². The molecule has 0 saturated carbocycles. The highest BCUT2D eigenvalue weighted by Crippen LogP contribution is 2.29. The van der Waals surface area contributed by atoms with Gasteiger partial charge in [0.25, 0.3) is 5.91 Å².